The summed E-state index contributed by atoms with van der Waals surface area (Å²) in [6.07, 6.45) is -1.10. The number of carboxylic acid groups (broad SMARTS) is 1. The van der Waals surface area contributed by atoms with Crippen molar-refractivity contribution in [3.8, 4) is 17.0 Å². The average Bonchev–Trinajstić information content (AvgIpc) is 3.51. The molecular weight excluding hydrogens is 590 g/mol. The minimum absolute atomic E-state index is 0.00308. The molecular formula is C30H27F4N3O5S. The largest absolute Gasteiger partial charge is 0.573 e. The van der Waals surface area contributed by atoms with Gasteiger partial charge in [-0.2, -0.15) is 4.37 Å². The number of anilines is 1. The fraction of sp³-hybridized carbons (Fsp3) is 0.433. The normalized spacial score (nSPS) is 23.7. The van der Waals surface area contributed by atoms with E-state index >= 15 is 4.39 Å². The van der Waals surface area contributed by atoms with Gasteiger partial charge in [0.2, 0.25) is 0 Å². The van der Waals surface area contributed by atoms with Crippen LogP contribution in [0.1, 0.15) is 66.8 Å². The Morgan fingerprint density at radius 3 is 2.70 bits per heavy atom. The molecule has 0 spiro atoms. The molecule has 8 nitrogen and oxygen atoms in total. The molecule has 4 unspecified atom stereocenters. The zero-order chi connectivity index (χ0) is 30.0. The van der Waals surface area contributed by atoms with Gasteiger partial charge in [-0.15, -0.1) is 13.2 Å². The molecule has 1 saturated carbocycles. The van der Waals surface area contributed by atoms with Crippen LogP contribution in [-0.4, -0.2) is 45.2 Å². The van der Waals surface area contributed by atoms with Crippen molar-refractivity contribution in [1.82, 2.24) is 9.53 Å². The van der Waals surface area contributed by atoms with Gasteiger partial charge in [-0.25, -0.2) is 9.18 Å². The average molecular weight is 618 g/mol. The van der Waals surface area contributed by atoms with E-state index in [2.05, 4.69) is 26.1 Å². The number of hydrogen-bond donors (Lipinski definition) is 1. The van der Waals surface area contributed by atoms with E-state index in [1.165, 1.54) is 24.3 Å². The zero-order valence-electron chi connectivity index (χ0n) is 22.9. The van der Waals surface area contributed by atoms with Crippen LogP contribution in [0.4, 0.5) is 23.2 Å². The SMILES string of the molecule is CC1CC2CC(OCc3c(-c4ccccc4OC(F)(F)F)noc3C3CC3)CC1N2c1cc2snc(C(=O)O)c2cc1F. The number of benzene rings is 2. The zero-order valence-corrected chi connectivity index (χ0v) is 23.8. The molecule has 4 atom stereocenters. The van der Waals surface area contributed by atoms with Gasteiger partial charge in [0.1, 0.15) is 23.0 Å². The second-order valence-corrected chi connectivity index (χ2v) is 12.4. The highest BCUT2D eigenvalue weighted by molar-refractivity contribution is 7.13. The van der Waals surface area contributed by atoms with E-state index in [-0.39, 0.29) is 64.7 Å². The Morgan fingerprint density at radius 2 is 1.98 bits per heavy atom. The first kappa shape index (κ1) is 28.1. The van der Waals surface area contributed by atoms with Crippen LogP contribution in [0.5, 0.6) is 5.75 Å². The lowest BCUT2D eigenvalue weighted by molar-refractivity contribution is -0.274. The third-order valence-electron chi connectivity index (χ3n) is 8.71. The number of halogens is 4. The summed E-state index contributed by atoms with van der Waals surface area (Å²) in [5.74, 6) is -0.984. The van der Waals surface area contributed by atoms with Gasteiger partial charge in [0.05, 0.1) is 23.1 Å². The number of carboxylic acids is 1. The molecule has 1 N–H and O–H groups in total. The van der Waals surface area contributed by atoms with Crippen molar-refractivity contribution in [2.75, 3.05) is 4.90 Å². The number of piperidine rings is 1. The summed E-state index contributed by atoms with van der Waals surface area (Å²) in [4.78, 5) is 13.6. The molecule has 2 aromatic heterocycles. The van der Waals surface area contributed by atoms with E-state index in [0.29, 0.717) is 34.6 Å². The van der Waals surface area contributed by atoms with E-state index in [9.17, 15) is 23.1 Å². The van der Waals surface area contributed by atoms with Crippen LogP contribution >= 0.6 is 11.5 Å². The molecule has 3 aliphatic rings. The van der Waals surface area contributed by atoms with E-state index < -0.39 is 18.1 Å². The maximum atomic E-state index is 15.4. The van der Waals surface area contributed by atoms with Gasteiger partial charge in [-0.05, 0) is 73.8 Å². The Morgan fingerprint density at radius 1 is 1.19 bits per heavy atom. The van der Waals surface area contributed by atoms with Crippen LogP contribution in [0.25, 0.3) is 21.3 Å². The van der Waals surface area contributed by atoms with Crippen molar-refractivity contribution in [3.05, 3.63) is 59.2 Å². The lowest BCUT2D eigenvalue weighted by Gasteiger charge is -2.41. The molecule has 13 heteroatoms. The first-order chi connectivity index (χ1) is 20.6. The first-order valence-corrected chi connectivity index (χ1v) is 14.9. The van der Waals surface area contributed by atoms with Crippen LogP contribution in [0.15, 0.2) is 40.9 Å². The third-order valence-corrected chi connectivity index (χ3v) is 9.52. The summed E-state index contributed by atoms with van der Waals surface area (Å²) in [7, 11) is 0. The van der Waals surface area contributed by atoms with Gasteiger partial charge in [0, 0.05) is 34.5 Å². The second kappa shape index (κ2) is 10.5. The number of alkyl halides is 3. The highest BCUT2D eigenvalue weighted by Gasteiger charge is 2.46. The molecule has 226 valence electrons. The standard InChI is InChI=1S/C30H27F4N3O5S/c1-14-8-16-9-17(10-22(14)37(16)23-12-25-19(11-21(23)31)27(29(38)39)36-43-25)40-13-20-26(35-42-28(20)15-6-7-15)18-4-2-3-5-24(18)41-30(32,33)34/h2-5,11-12,14-17,22H,6-10,13H2,1H3,(H,38,39). The van der Waals surface area contributed by atoms with Crippen molar-refractivity contribution in [2.24, 2.45) is 5.92 Å². The lowest BCUT2D eigenvalue weighted by Crippen LogP contribution is -2.47. The Hall–Kier alpha value is -3.71. The van der Waals surface area contributed by atoms with E-state index in [1.807, 2.05) is 0 Å². The van der Waals surface area contributed by atoms with Crippen molar-refractivity contribution in [1.29, 1.82) is 0 Å². The molecule has 1 aliphatic carbocycles. The number of carbonyl (C=O) groups is 1. The molecule has 3 fully saturated rings. The van der Waals surface area contributed by atoms with E-state index in [4.69, 9.17) is 9.26 Å². The monoisotopic (exact) mass is 617 g/mol. The second-order valence-electron chi connectivity index (χ2n) is 11.6. The number of fused-ring (bicyclic) bond motifs is 3. The summed E-state index contributed by atoms with van der Waals surface area (Å²) in [5, 5.41) is 13.8. The molecule has 0 amide bonds. The van der Waals surface area contributed by atoms with Crippen LogP contribution in [0.2, 0.25) is 0 Å². The van der Waals surface area contributed by atoms with Gasteiger partial charge >= 0.3 is 12.3 Å². The molecule has 4 heterocycles. The molecule has 0 radical (unpaired) electrons. The van der Waals surface area contributed by atoms with Gasteiger partial charge < -0.3 is 24.0 Å². The van der Waals surface area contributed by atoms with E-state index in [1.54, 1.807) is 12.1 Å². The predicted molar refractivity (Wildman–Crippen MR) is 149 cm³/mol. The number of aromatic nitrogens is 2. The summed E-state index contributed by atoms with van der Waals surface area (Å²) in [6.45, 7) is 2.25. The Balaban J connectivity index is 1.13. The Bertz CT molecular complexity index is 1700. The maximum Gasteiger partial charge on any atom is 0.573 e. The molecule has 2 aliphatic heterocycles. The van der Waals surface area contributed by atoms with Crippen molar-refractivity contribution >= 4 is 33.3 Å². The highest BCUT2D eigenvalue weighted by atomic mass is 32.1. The topological polar surface area (TPSA) is 97.9 Å². The number of rotatable bonds is 8. The van der Waals surface area contributed by atoms with Crippen molar-refractivity contribution < 1.29 is 41.5 Å². The summed E-state index contributed by atoms with van der Waals surface area (Å²) >= 11 is 1.04. The number of para-hydroxylation sites is 1. The summed E-state index contributed by atoms with van der Waals surface area (Å²) < 4.78 is 75.8. The Kier molecular flexibility index (Phi) is 6.84. The summed E-state index contributed by atoms with van der Waals surface area (Å²) in [5.41, 5.74) is 1.36. The van der Waals surface area contributed by atoms with Gasteiger partial charge in [-0.3, -0.25) is 0 Å². The maximum absolute atomic E-state index is 15.4. The molecule has 2 saturated heterocycles. The van der Waals surface area contributed by atoms with Crippen LogP contribution in [0.3, 0.4) is 0 Å². The summed E-state index contributed by atoms with van der Waals surface area (Å²) in [6, 6.07) is 8.81. The molecule has 43 heavy (non-hydrogen) atoms. The molecule has 2 bridgehead atoms. The Labute approximate surface area is 247 Å². The minimum Gasteiger partial charge on any atom is -0.476 e. The smallest absolute Gasteiger partial charge is 0.476 e. The quantitative estimate of drug-likeness (QED) is 0.203. The van der Waals surface area contributed by atoms with Crippen LogP contribution in [0, 0.1) is 11.7 Å². The van der Waals surface area contributed by atoms with Crippen LogP contribution < -0.4 is 9.64 Å². The van der Waals surface area contributed by atoms with Crippen molar-refractivity contribution in [3.63, 3.8) is 0 Å². The molecule has 4 aromatic rings. The lowest BCUT2D eigenvalue weighted by atomic mass is 9.96. The van der Waals surface area contributed by atoms with Gasteiger partial charge in [-0.1, -0.05) is 24.2 Å². The minimum atomic E-state index is -4.86. The fourth-order valence-electron chi connectivity index (χ4n) is 6.70. The predicted octanol–water partition coefficient (Wildman–Crippen LogP) is 7.53. The third kappa shape index (κ3) is 5.22. The molecule has 2 aromatic carbocycles. The number of nitrogens with zero attached hydrogens (tertiary/aromatic N) is 3. The number of hydrogen-bond acceptors (Lipinski definition) is 8. The first-order valence-electron chi connectivity index (χ1n) is 14.1. The van der Waals surface area contributed by atoms with E-state index in [0.717, 1.165) is 30.8 Å². The molecule has 7 rings (SSSR count). The van der Waals surface area contributed by atoms with Crippen LogP contribution in [-0.2, 0) is 11.3 Å². The fourth-order valence-corrected chi connectivity index (χ4v) is 7.48. The van der Waals surface area contributed by atoms with Gasteiger partial charge in [0.25, 0.3) is 0 Å². The van der Waals surface area contributed by atoms with Gasteiger partial charge in [0.15, 0.2) is 5.69 Å². The highest BCUT2D eigenvalue weighted by Crippen LogP contribution is 2.48. The number of aromatic carboxylic acids is 1. The van der Waals surface area contributed by atoms with Crippen molar-refractivity contribution in [2.45, 2.75) is 76.1 Å². The number of ether oxygens (including phenoxy) is 2.